The van der Waals surface area contributed by atoms with E-state index in [1.165, 1.54) is 9.30 Å². The van der Waals surface area contributed by atoms with E-state index in [0.29, 0.717) is 36.4 Å². The van der Waals surface area contributed by atoms with Crippen LogP contribution in [0.4, 0.5) is 10.6 Å². The van der Waals surface area contributed by atoms with Crippen LogP contribution in [0.3, 0.4) is 0 Å². The fourth-order valence-electron chi connectivity index (χ4n) is 6.03. The molecule has 9 heteroatoms. The second-order valence-electron chi connectivity index (χ2n) is 9.76. The second kappa shape index (κ2) is 8.29. The highest BCUT2D eigenvalue weighted by molar-refractivity contribution is 6.20. The Bertz CT molecular complexity index is 1480. The van der Waals surface area contributed by atoms with E-state index in [-0.39, 0.29) is 18.5 Å². The van der Waals surface area contributed by atoms with Crippen molar-refractivity contribution in [2.75, 3.05) is 18.0 Å². The number of rotatable bonds is 4. The van der Waals surface area contributed by atoms with E-state index in [9.17, 15) is 19.2 Å². The molecule has 36 heavy (non-hydrogen) atoms. The smallest absolute Gasteiger partial charge is 0.330 e. The van der Waals surface area contributed by atoms with Crippen LogP contribution in [-0.4, -0.2) is 45.2 Å². The second-order valence-corrected chi connectivity index (χ2v) is 9.76. The average molecular weight is 486 g/mol. The van der Waals surface area contributed by atoms with Crippen molar-refractivity contribution in [3.63, 3.8) is 0 Å². The Morgan fingerprint density at radius 1 is 1.06 bits per heavy atom. The van der Waals surface area contributed by atoms with E-state index in [1.54, 1.807) is 18.3 Å². The Kier molecular flexibility index (Phi) is 5.17. The molecule has 0 radical (unpaired) electrons. The molecule has 1 fully saturated rings. The fourth-order valence-corrected chi connectivity index (χ4v) is 6.03. The molecule has 0 aliphatic carbocycles. The maximum Gasteiger partial charge on any atom is 0.330 e. The van der Waals surface area contributed by atoms with E-state index in [1.807, 2.05) is 42.2 Å². The van der Waals surface area contributed by atoms with Crippen LogP contribution in [0.2, 0.25) is 0 Å². The minimum atomic E-state index is -1.66. The van der Waals surface area contributed by atoms with Crippen LogP contribution in [0.15, 0.2) is 53.5 Å². The minimum absolute atomic E-state index is 0.121. The van der Waals surface area contributed by atoms with E-state index in [0.717, 1.165) is 24.0 Å². The molecule has 1 saturated heterocycles. The lowest BCUT2D eigenvalue weighted by Gasteiger charge is -2.53. The van der Waals surface area contributed by atoms with Crippen molar-refractivity contribution < 1.29 is 14.4 Å². The van der Waals surface area contributed by atoms with Gasteiger partial charge in [0.2, 0.25) is 11.8 Å². The number of pyridine rings is 1. The lowest BCUT2D eigenvalue weighted by atomic mass is 9.65. The zero-order valence-corrected chi connectivity index (χ0v) is 20.1. The van der Waals surface area contributed by atoms with Gasteiger partial charge in [0.15, 0.2) is 5.41 Å². The summed E-state index contributed by atoms with van der Waals surface area (Å²) in [6.07, 6.45) is 4.64. The zero-order valence-electron chi connectivity index (χ0n) is 20.1. The molecule has 5 heterocycles. The first-order valence-electron chi connectivity index (χ1n) is 12.5. The third-order valence-electron chi connectivity index (χ3n) is 7.77. The van der Waals surface area contributed by atoms with Gasteiger partial charge in [-0.1, -0.05) is 50.1 Å². The number of nitrogens with one attached hydrogen (secondary N) is 1. The number of benzene rings is 1. The maximum atomic E-state index is 14.3. The van der Waals surface area contributed by atoms with Gasteiger partial charge < -0.3 is 4.90 Å². The number of barbiturate groups is 1. The molecule has 3 aliphatic rings. The predicted octanol–water partition coefficient (Wildman–Crippen LogP) is 2.61. The lowest BCUT2D eigenvalue weighted by molar-refractivity contribution is -0.154. The van der Waals surface area contributed by atoms with Crippen molar-refractivity contribution in [2.24, 2.45) is 5.41 Å². The highest BCUT2D eigenvalue weighted by atomic mass is 16.2. The molecule has 0 bridgehead atoms. The van der Waals surface area contributed by atoms with Gasteiger partial charge >= 0.3 is 6.03 Å². The summed E-state index contributed by atoms with van der Waals surface area (Å²) in [5.74, 6) is -0.687. The van der Waals surface area contributed by atoms with Crippen LogP contribution in [0.25, 0.3) is 5.65 Å². The standard InChI is InChI=1S/C27H27N5O4/c1-2-3-7-14-32-25(35)27(24(34)29-26(32)36)16-19-22(28-20-11-6-8-13-30(20)23(19)33)31-15-12-17-9-4-5-10-18(17)21(27)31/h4-6,8-11,13,21H,2-3,7,12,14-16H2,1H3,(H,29,34,36)/t21-,27+/m1/s1. The number of fused-ring (bicyclic) bond motifs is 7. The van der Waals surface area contributed by atoms with E-state index >= 15 is 0 Å². The molecule has 0 saturated carbocycles. The topological polar surface area (TPSA) is 104 Å². The normalized spacial score (nSPS) is 22.9. The van der Waals surface area contributed by atoms with Crippen LogP contribution in [0.5, 0.6) is 0 Å². The van der Waals surface area contributed by atoms with Gasteiger partial charge in [-0.15, -0.1) is 0 Å². The third-order valence-corrected chi connectivity index (χ3v) is 7.77. The SMILES string of the molecule is CCCCCN1C(=O)NC(=O)[C@@]2(Cc3c(nc4ccccn4c3=O)N3CCc4ccccc4[C@@H]32)C1=O. The van der Waals surface area contributed by atoms with Gasteiger partial charge in [-0.05, 0) is 36.1 Å². The Morgan fingerprint density at radius 2 is 1.86 bits per heavy atom. The number of carbonyl (C=O) groups is 3. The number of anilines is 1. The molecule has 184 valence electrons. The van der Waals surface area contributed by atoms with Gasteiger partial charge in [0.1, 0.15) is 11.5 Å². The van der Waals surface area contributed by atoms with Crippen molar-refractivity contribution in [3.05, 3.63) is 75.7 Å². The molecule has 4 amide bonds. The number of carbonyl (C=O) groups excluding carboxylic acids is 3. The monoisotopic (exact) mass is 485 g/mol. The van der Waals surface area contributed by atoms with E-state index < -0.39 is 29.3 Å². The summed E-state index contributed by atoms with van der Waals surface area (Å²) < 4.78 is 1.44. The van der Waals surface area contributed by atoms with E-state index in [4.69, 9.17) is 4.98 Å². The number of amides is 4. The third kappa shape index (κ3) is 3.04. The number of nitrogens with zero attached hydrogens (tertiary/aromatic N) is 4. The van der Waals surface area contributed by atoms with Crippen LogP contribution < -0.4 is 15.8 Å². The van der Waals surface area contributed by atoms with Gasteiger partial charge in [0.05, 0.1) is 11.6 Å². The highest BCUT2D eigenvalue weighted by Crippen LogP contribution is 2.52. The fraction of sp³-hybridized carbons (Fsp3) is 0.370. The summed E-state index contributed by atoms with van der Waals surface area (Å²) >= 11 is 0. The minimum Gasteiger partial charge on any atom is -0.347 e. The number of hydrogen-bond donors (Lipinski definition) is 1. The van der Waals surface area contributed by atoms with Crippen molar-refractivity contribution in [2.45, 2.75) is 45.1 Å². The molecular weight excluding hydrogens is 458 g/mol. The summed E-state index contributed by atoms with van der Waals surface area (Å²) in [5.41, 5.74) is 0.770. The molecule has 2 atom stereocenters. The molecule has 1 spiro atoms. The summed E-state index contributed by atoms with van der Waals surface area (Å²) in [7, 11) is 0. The first kappa shape index (κ1) is 22.5. The van der Waals surface area contributed by atoms with E-state index in [2.05, 4.69) is 5.32 Å². The summed E-state index contributed by atoms with van der Waals surface area (Å²) in [5, 5.41) is 2.47. The molecule has 1 aromatic carbocycles. The summed E-state index contributed by atoms with van der Waals surface area (Å²) in [6, 6.07) is 11.7. The van der Waals surface area contributed by atoms with Crippen molar-refractivity contribution in [1.29, 1.82) is 0 Å². The van der Waals surface area contributed by atoms with Gasteiger partial charge in [0, 0.05) is 25.7 Å². The van der Waals surface area contributed by atoms with Gasteiger partial charge in [-0.25, -0.2) is 9.78 Å². The number of aromatic nitrogens is 2. The van der Waals surface area contributed by atoms with Crippen LogP contribution in [0.1, 0.15) is 48.9 Å². The quantitative estimate of drug-likeness (QED) is 0.450. The molecule has 3 aliphatic heterocycles. The number of urea groups is 1. The predicted molar refractivity (Wildman–Crippen MR) is 133 cm³/mol. The van der Waals surface area contributed by atoms with Crippen molar-refractivity contribution in [3.8, 4) is 0 Å². The molecule has 3 aromatic rings. The largest absolute Gasteiger partial charge is 0.347 e. The number of hydrogen-bond acceptors (Lipinski definition) is 6. The molecule has 1 N–H and O–H groups in total. The molecular formula is C27H27N5O4. The molecule has 2 aromatic heterocycles. The number of imide groups is 2. The zero-order chi connectivity index (χ0) is 25.0. The first-order chi connectivity index (χ1) is 17.5. The Labute approximate surface area is 207 Å². The van der Waals surface area contributed by atoms with Crippen molar-refractivity contribution in [1.82, 2.24) is 19.6 Å². The first-order valence-corrected chi connectivity index (χ1v) is 12.5. The van der Waals surface area contributed by atoms with Gasteiger partial charge in [-0.3, -0.25) is 29.0 Å². The summed E-state index contributed by atoms with van der Waals surface area (Å²) in [4.78, 5) is 62.4. The van der Waals surface area contributed by atoms with Crippen molar-refractivity contribution >= 4 is 29.3 Å². The number of unbranched alkanes of at least 4 members (excludes halogenated alkanes) is 2. The van der Waals surface area contributed by atoms with Crippen LogP contribution >= 0.6 is 0 Å². The molecule has 6 rings (SSSR count). The maximum absolute atomic E-state index is 14.3. The average Bonchev–Trinajstić information content (AvgIpc) is 2.89. The Balaban J connectivity index is 1.60. The molecule has 0 unspecified atom stereocenters. The Hall–Kier alpha value is -4.01. The van der Waals surface area contributed by atoms with Crippen LogP contribution in [-0.2, 0) is 22.4 Å². The summed E-state index contributed by atoms with van der Waals surface area (Å²) in [6.45, 7) is 2.77. The van der Waals surface area contributed by atoms with Gasteiger partial charge in [-0.2, -0.15) is 0 Å². The van der Waals surface area contributed by atoms with Crippen LogP contribution in [0, 0.1) is 5.41 Å². The highest BCUT2D eigenvalue weighted by Gasteiger charge is 2.64. The van der Waals surface area contributed by atoms with Gasteiger partial charge in [0.25, 0.3) is 5.56 Å². The Morgan fingerprint density at radius 3 is 2.69 bits per heavy atom. The lowest BCUT2D eigenvalue weighted by Crippen LogP contribution is -2.70. The molecule has 9 nitrogen and oxygen atoms in total.